The number of hydrogen-bond donors (Lipinski definition) is 0. The van der Waals surface area contributed by atoms with Crippen LogP contribution in [0, 0.1) is 23.7 Å². The molecule has 188 valence electrons. The summed E-state index contributed by atoms with van der Waals surface area (Å²) in [5.74, 6) is -0.130. The van der Waals surface area contributed by atoms with Gasteiger partial charge in [0.1, 0.15) is 17.8 Å². The zero-order chi connectivity index (χ0) is 25.0. The third-order valence-corrected chi connectivity index (χ3v) is 6.56. The Labute approximate surface area is 193 Å². The lowest BCUT2D eigenvalue weighted by atomic mass is 9.82. The monoisotopic (exact) mass is 504 g/mol. The molecule has 5 rings (SSSR count). The average molecular weight is 504 g/mol. The molecule has 14 heteroatoms. The standard InChI is InChI=1S/C21H19F7N6O/c22-16-6-18(30-10-29-16)33-7-11-1-2-12(8-33)13(11)5-17-31-19-14(35-9-20(23,24)25)3-4-15(21(26,27)28)34(19)32-17/h3-4,6,10-13H,1-2,5,7-9H2/t11-,12+,13?. The van der Waals surface area contributed by atoms with Crippen molar-refractivity contribution in [3.05, 3.63) is 42.0 Å². The Kier molecular flexibility index (Phi) is 5.71. The molecule has 0 amide bonds. The fraction of sp³-hybridized carbons (Fsp3) is 0.524. The lowest BCUT2D eigenvalue weighted by Gasteiger charge is -2.38. The van der Waals surface area contributed by atoms with E-state index in [0.29, 0.717) is 29.5 Å². The third kappa shape index (κ3) is 4.82. The fourth-order valence-electron chi connectivity index (χ4n) is 5.12. The number of halogens is 7. The summed E-state index contributed by atoms with van der Waals surface area (Å²) in [4.78, 5) is 13.7. The second-order valence-electron chi connectivity index (χ2n) is 8.82. The third-order valence-electron chi connectivity index (χ3n) is 6.56. The minimum atomic E-state index is -4.79. The van der Waals surface area contributed by atoms with Gasteiger partial charge < -0.3 is 9.64 Å². The number of pyridine rings is 1. The molecule has 1 aliphatic carbocycles. The van der Waals surface area contributed by atoms with E-state index in [1.54, 1.807) is 0 Å². The molecule has 1 saturated heterocycles. The van der Waals surface area contributed by atoms with Crippen LogP contribution >= 0.6 is 0 Å². The van der Waals surface area contributed by atoms with Crippen molar-refractivity contribution in [1.82, 2.24) is 24.6 Å². The SMILES string of the molecule is Fc1cc(N2C[C@H]3CC[C@@H](C2)C3Cc2nc3c(OCC(F)(F)F)ccc(C(F)(F)F)n3n2)ncn1. The molecular formula is C21H19F7N6O. The van der Waals surface area contributed by atoms with Gasteiger partial charge in [0, 0.05) is 25.6 Å². The van der Waals surface area contributed by atoms with E-state index in [1.165, 1.54) is 6.07 Å². The number of anilines is 1. The summed E-state index contributed by atoms with van der Waals surface area (Å²) in [5.41, 5.74) is -1.57. The van der Waals surface area contributed by atoms with E-state index in [2.05, 4.69) is 20.1 Å². The predicted octanol–water partition coefficient (Wildman–Crippen LogP) is 4.32. The largest absolute Gasteiger partial charge is 0.480 e. The highest BCUT2D eigenvalue weighted by atomic mass is 19.4. The first-order chi connectivity index (χ1) is 16.5. The summed E-state index contributed by atoms with van der Waals surface area (Å²) < 4.78 is 97.1. The van der Waals surface area contributed by atoms with Crippen molar-refractivity contribution in [3.63, 3.8) is 0 Å². The van der Waals surface area contributed by atoms with Crippen LogP contribution in [-0.4, -0.2) is 50.4 Å². The van der Waals surface area contributed by atoms with E-state index in [4.69, 9.17) is 4.74 Å². The first-order valence-electron chi connectivity index (χ1n) is 10.9. The molecule has 0 N–H and O–H groups in total. The van der Waals surface area contributed by atoms with E-state index in [-0.39, 0.29) is 30.0 Å². The van der Waals surface area contributed by atoms with Crippen molar-refractivity contribution in [1.29, 1.82) is 0 Å². The van der Waals surface area contributed by atoms with Crippen molar-refractivity contribution in [3.8, 4) is 5.75 Å². The van der Waals surface area contributed by atoms with E-state index in [1.807, 2.05) is 4.90 Å². The highest BCUT2D eigenvalue weighted by molar-refractivity contribution is 5.54. The van der Waals surface area contributed by atoms with Gasteiger partial charge in [0.2, 0.25) is 5.95 Å². The van der Waals surface area contributed by atoms with Crippen molar-refractivity contribution in [2.24, 2.45) is 17.8 Å². The van der Waals surface area contributed by atoms with Crippen molar-refractivity contribution >= 4 is 11.5 Å². The molecule has 2 bridgehead atoms. The Hall–Kier alpha value is -3.19. The second-order valence-corrected chi connectivity index (χ2v) is 8.82. The second kappa shape index (κ2) is 8.48. The Morgan fingerprint density at radius 3 is 2.34 bits per heavy atom. The number of rotatable bonds is 5. The Morgan fingerprint density at radius 2 is 1.71 bits per heavy atom. The van der Waals surface area contributed by atoms with Gasteiger partial charge in [0.05, 0.1) is 0 Å². The highest BCUT2D eigenvalue weighted by Gasteiger charge is 2.43. The van der Waals surface area contributed by atoms with Gasteiger partial charge in [0.25, 0.3) is 0 Å². The maximum absolute atomic E-state index is 13.5. The molecule has 2 fully saturated rings. The van der Waals surface area contributed by atoms with Gasteiger partial charge in [-0.3, -0.25) is 0 Å². The summed E-state index contributed by atoms with van der Waals surface area (Å²) >= 11 is 0. The summed E-state index contributed by atoms with van der Waals surface area (Å²) in [6, 6.07) is 2.70. The molecule has 4 heterocycles. The molecule has 1 aliphatic heterocycles. The van der Waals surface area contributed by atoms with Crippen LogP contribution in [0.15, 0.2) is 24.5 Å². The number of fused-ring (bicyclic) bond motifs is 3. The molecule has 0 spiro atoms. The number of aromatic nitrogens is 5. The van der Waals surface area contributed by atoms with Crippen LogP contribution < -0.4 is 9.64 Å². The fourth-order valence-corrected chi connectivity index (χ4v) is 5.12. The summed E-state index contributed by atoms with van der Waals surface area (Å²) in [5, 5.41) is 4.00. The maximum Gasteiger partial charge on any atom is 0.433 e. The molecule has 1 saturated carbocycles. The highest BCUT2D eigenvalue weighted by Crippen LogP contribution is 2.44. The van der Waals surface area contributed by atoms with Crippen LogP contribution in [0.1, 0.15) is 24.4 Å². The Morgan fingerprint density at radius 1 is 1.00 bits per heavy atom. The van der Waals surface area contributed by atoms with Gasteiger partial charge in [-0.15, -0.1) is 0 Å². The topological polar surface area (TPSA) is 68.4 Å². The Balaban J connectivity index is 1.40. The minimum absolute atomic E-state index is 0.0595. The summed E-state index contributed by atoms with van der Waals surface area (Å²) in [6.07, 6.45) is -6.29. The summed E-state index contributed by atoms with van der Waals surface area (Å²) in [6.45, 7) is -0.500. The first kappa shape index (κ1) is 23.5. The van der Waals surface area contributed by atoms with E-state index < -0.39 is 42.0 Å². The number of nitrogens with zero attached hydrogens (tertiary/aromatic N) is 6. The normalized spacial score (nSPS) is 22.7. The number of alkyl halides is 6. The number of hydrogen-bond acceptors (Lipinski definition) is 6. The van der Waals surface area contributed by atoms with Crippen LogP contribution in [0.25, 0.3) is 5.65 Å². The van der Waals surface area contributed by atoms with Gasteiger partial charge in [-0.25, -0.2) is 19.5 Å². The molecule has 7 nitrogen and oxygen atoms in total. The van der Waals surface area contributed by atoms with Gasteiger partial charge in [-0.05, 0) is 42.7 Å². The maximum atomic E-state index is 13.5. The van der Waals surface area contributed by atoms with Crippen LogP contribution in [-0.2, 0) is 12.6 Å². The van der Waals surface area contributed by atoms with Gasteiger partial charge in [-0.2, -0.15) is 35.8 Å². The molecule has 35 heavy (non-hydrogen) atoms. The van der Waals surface area contributed by atoms with E-state index in [9.17, 15) is 30.7 Å². The molecule has 3 atom stereocenters. The lowest BCUT2D eigenvalue weighted by Crippen LogP contribution is -2.43. The Bertz CT molecular complexity index is 1210. The van der Waals surface area contributed by atoms with Gasteiger partial charge in [0.15, 0.2) is 23.8 Å². The van der Waals surface area contributed by atoms with Crippen LogP contribution in [0.3, 0.4) is 0 Å². The van der Waals surface area contributed by atoms with Crippen LogP contribution in [0.5, 0.6) is 5.75 Å². The lowest BCUT2D eigenvalue weighted by molar-refractivity contribution is -0.153. The van der Waals surface area contributed by atoms with E-state index >= 15 is 0 Å². The molecule has 0 aromatic carbocycles. The average Bonchev–Trinajstić information content (AvgIpc) is 3.27. The minimum Gasteiger partial charge on any atom is -0.480 e. The zero-order valence-corrected chi connectivity index (χ0v) is 18.0. The van der Waals surface area contributed by atoms with Crippen LogP contribution in [0.4, 0.5) is 36.6 Å². The van der Waals surface area contributed by atoms with Crippen LogP contribution in [0.2, 0.25) is 0 Å². The molecule has 2 aliphatic rings. The van der Waals surface area contributed by atoms with Crippen molar-refractivity contribution < 1.29 is 35.5 Å². The van der Waals surface area contributed by atoms with E-state index in [0.717, 1.165) is 25.2 Å². The molecule has 1 unspecified atom stereocenters. The quantitative estimate of drug-likeness (QED) is 0.381. The van der Waals surface area contributed by atoms with Crippen molar-refractivity contribution in [2.45, 2.75) is 31.6 Å². The zero-order valence-electron chi connectivity index (χ0n) is 18.0. The predicted molar refractivity (Wildman–Crippen MR) is 107 cm³/mol. The molecule has 3 aromatic rings. The molecular weight excluding hydrogens is 485 g/mol. The number of ether oxygens (including phenoxy) is 1. The first-order valence-corrected chi connectivity index (χ1v) is 10.9. The number of piperidine rings is 1. The smallest absolute Gasteiger partial charge is 0.433 e. The van der Waals surface area contributed by atoms with Gasteiger partial charge >= 0.3 is 12.4 Å². The molecule has 3 aromatic heterocycles. The van der Waals surface area contributed by atoms with Crippen molar-refractivity contribution in [2.75, 3.05) is 24.6 Å². The summed E-state index contributed by atoms with van der Waals surface area (Å²) in [7, 11) is 0. The molecule has 0 radical (unpaired) electrons. The van der Waals surface area contributed by atoms with Gasteiger partial charge in [-0.1, -0.05) is 0 Å².